The van der Waals surface area contributed by atoms with Crippen LogP contribution < -0.4 is 10.9 Å². The van der Waals surface area contributed by atoms with Crippen molar-refractivity contribution >= 4 is 71.0 Å². The van der Waals surface area contributed by atoms with Crippen LogP contribution in [-0.2, 0) is 5.75 Å². The SMILES string of the molecule is C=CCNc1nnc(SCc2nc3c(Br)cc(Br)cc3c(=O)[nH]2)s1. The molecule has 2 N–H and O–H groups in total. The van der Waals surface area contributed by atoms with Crippen LogP contribution in [0, 0.1) is 0 Å². The third-order valence-electron chi connectivity index (χ3n) is 2.91. The zero-order chi connectivity index (χ0) is 17.1. The second kappa shape index (κ2) is 7.77. The van der Waals surface area contributed by atoms with Crippen LogP contribution in [0.5, 0.6) is 0 Å². The van der Waals surface area contributed by atoms with E-state index in [0.29, 0.717) is 29.0 Å². The molecule has 2 heterocycles. The van der Waals surface area contributed by atoms with Gasteiger partial charge in [0.05, 0.1) is 16.7 Å². The van der Waals surface area contributed by atoms with Gasteiger partial charge in [0, 0.05) is 15.5 Å². The van der Waals surface area contributed by atoms with E-state index in [1.54, 1.807) is 12.1 Å². The molecule has 0 aliphatic carbocycles. The van der Waals surface area contributed by atoms with Crippen molar-refractivity contribution in [2.45, 2.75) is 10.1 Å². The molecule has 24 heavy (non-hydrogen) atoms. The lowest BCUT2D eigenvalue weighted by atomic mass is 10.2. The van der Waals surface area contributed by atoms with Gasteiger partial charge in [-0.15, -0.1) is 16.8 Å². The molecule has 0 aliphatic rings. The normalized spacial score (nSPS) is 10.9. The Morgan fingerprint density at radius 2 is 2.21 bits per heavy atom. The molecule has 6 nitrogen and oxygen atoms in total. The highest BCUT2D eigenvalue weighted by Crippen LogP contribution is 2.29. The Labute approximate surface area is 162 Å². The summed E-state index contributed by atoms with van der Waals surface area (Å²) >= 11 is 9.76. The van der Waals surface area contributed by atoms with Gasteiger partial charge in [-0.3, -0.25) is 4.79 Å². The lowest BCUT2D eigenvalue weighted by Gasteiger charge is -2.04. The van der Waals surface area contributed by atoms with E-state index in [2.05, 4.69) is 63.9 Å². The van der Waals surface area contributed by atoms with E-state index in [1.807, 2.05) is 6.07 Å². The van der Waals surface area contributed by atoms with Gasteiger partial charge in [0.1, 0.15) is 5.82 Å². The first-order valence-electron chi connectivity index (χ1n) is 6.76. The van der Waals surface area contributed by atoms with Crippen molar-refractivity contribution < 1.29 is 0 Å². The van der Waals surface area contributed by atoms with Gasteiger partial charge in [-0.1, -0.05) is 45.1 Å². The number of hydrogen-bond donors (Lipinski definition) is 2. The van der Waals surface area contributed by atoms with Crippen LogP contribution >= 0.6 is 55.0 Å². The van der Waals surface area contributed by atoms with Crippen LogP contribution in [-0.4, -0.2) is 26.7 Å². The summed E-state index contributed by atoms with van der Waals surface area (Å²) in [6, 6.07) is 3.62. The molecule has 1 aromatic carbocycles. The molecule has 0 fully saturated rings. The van der Waals surface area contributed by atoms with Crippen LogP contribution in [0.25, 0.3) is 10.9 Å². The largest absolute Gasteiger partial charge is 0.357 e. The summed E-state index contributed by atoms with van der Waals surface area (Å²) in [6.45, 7) is 4.29. The fourth-order valence-corrected chi connectivity index (χ4v) is 4.85. The molecular weight excluding hydrogens is 478 g/mol. The standard InChI is InChI=1S/C14H11Br2N5OS2/c1-2-3-17-13-20-21-14(24-13)23-6-10-18-11-8(12(22)19-10)4-7(15)5-9(11)16/h2,4-5H,1,3,6H2,(H,17,20)(H,18,19,22). The topological polar surface area (TPSA) is 83.6 Å². The van der Waals surface area contributed by atoms with Crippen LogP contribution in [0.4, 0.5) is 5.13 Å². The van der Waals surface area contributed by atoms with Crippen molar-refractivity contribution in [2.75, 3.05) is 11.9 Å². The van der Waals surface area contributed by atoms with E-state index in [-0.39, 0.29) is 5.56 Å². The fourth-order valence-electron chi connectivity index (χ4n) is 1.91. The molecule has 0 bridgehead atoms. The summed E-state index contributed by atoms with van der Waals surface area (Å²) in [5.41, 5.74) is 0.478. The van der Waals surface area contributed by atoms with E-state index in [0.717, 1.165) is 18.4 Å². The molecule has 0 amide bonds. The van der Waals surface area contributed by atoms with E-state index in [9.17, 15) is 4.79 Å². The smallest absolute Gasteiger partial charge is 0.258 e. The van der Waals surface area contributed by atoms with Crippen LogP contribution in [0.1, 0.15) is 5.82 Å². The average molecular weight is 489 g/mol. The third-order valence-corrected chi connectivity index (χ3v) is 6.00. The minimum Gasteiger partial charge on any atom is -0.357 e. The zero-order valence-electron chi connectivity index (χ0n) is 12.2. The molecule has 0 saturated carbocycles. The van der Waals surface area contributed by atoms with Crippen LogP contribution in [0.15, 0.2) is 42.9 Å². The van der Waals surface area contributed by atoms with Gasteiger partial charge >= 0.3 is 0 Å². The van der Waals surface area contributed by atoms with E-state index >= 15 is 0 Å². The molecule has 0 spiro atoms. The van der Waals surface area contributed by atoms with E-state index in [4.69, 9.17) is 0 Å². The Bertz CT molecular complexity index is 956. The molecule has 0 unspecified atom stereocenters. The number of anilines is 1. The first-order valence-corrected chi connectivity index (χ1v) is 10.1. The molecule has 3 rings (SSSR count). The number of fused-ring (bicyclic) bond motifs is 1. The number of rotatable bonds is 6. The fraction of sp³-hybridized carbons (Fsp3) is 0.143. The van der Waals surface area contributed by atoms with Crippen LogP contribution in [0.3, 0.4) is 0 Å². The number of nitrogens with one attached hydrogen (secondary N) is 2. The second-order valence-corrected chi connectivity index (χ2v) is 8.60. The highest BCUT2D eigenvalue weighted by Gasteiger charge is 2.10. The quantitative estimate of drug-likeness (QED) is 0.399. The Morgan fingerprint density at radius 1 is 1.38 bits per heavy atom. The van der Waals surface area contributed by atoms with E-state index < -0.39 is 0 Å². The number of hydrogen-bond acceptors (Lipinski definition) is 7. The Balaban J connectivity index is 1.79. The highest BCUT2D eigenvalue weighted by molar-refractivity contribution is 9.11. The maximum absolute atomic E-state index is 12.2. The molecular formula is C14H11Br2N5OS2. The lowest BCUT2D eigenvalue weighted by molar-refractivity contribution is 0.998. The number of aromatic amines is 1. The summed E-state index contributed by atoms with van der Waals surface area (Å²) in [5.74, 6) is 1.10. The molecule has 0 radical (unpaired) electrons. The van der Waals surface area contributed by atoms with E-state index in [1.165, 1.54) is 23.1 Å². The molecule has 10 heteroatoms. The minimum atomic E-state index is -0.164. The van der Waals surface area contributed by atoms with Gasteiger partial charge in [-0.2, -0.15) is 0 Å². The number of halogens is 2. The van der Waals surface area contributed by atoms with Gasteiger partial charge in [0.2, 0.25) is 5.13 Å². The van der Waals surface area contributed by atoms with Gasteiger partial charge in [0.25, 0.3) is 5.56 Å². The van der Waals surface area contributed by atoms with Gasteiger partial charge in [0.15, 0.2) is 4.34 Å². The van der Waals surface area contributed by atoms with Gasteiger partial charge < -0.3 is 10.3 Å². The number of thioether (sulfide) groups is 1. The van der Waals surface area contributed by atoms with Crippen molar-refractivity contribution in [3.05, 3.63) is 49.9 Å². The van der Waals surface area contributed by atoms with Gasteiger partial charge in [-0.25, -0.2) is 4.98 Å². The third kappa shape index (κ3) is 4.05. The Hall–Kier alpha value is -1.23. The van der Waals surface area contributed by atoms with Crippen molar-refractivity contribution in [3.63, 3.8) is 0 Å². The molecule has 3 aromatic rings. The first kappa shape index (κ1) is 17.6. The van der Waals surface area contributed by atoms with Crippen molar-refractivity contribution in [1.82, 2.24) is 20.2 Å². The predicted octanol–water partition coefficient (Wildman–Crippen LogP) is 4.19. The maximum Gasteiger partial charge on any atom is 0.258 e. The number of nitrogens with zero attached hydrogens (tertiary/aromatic N) is 3. The van der Waals surface area contributed by atoms with Crippen molar-refractivity contribution in [2.24, 2.45) is 0 Å². The minimum absolute atomic E-state index is 0.164. The number of aromatic nitrogens is 4. The molecule has 0 saturated heterocycles. The monoisotopic (exact) mass is 487 g/mol. The maximum atomic E-state index is 12.2. The molecule has 0 aliphatic heterocycles. The summed E-state index contributed by atoms with van der Waals surface area (Å²) in [7, 11) is 0. The summed E-state index contributed by atoms with van der Waals surface area (Å²) in [4.78, 5) is 19.6. The molecule has 2 aromatic heterocycles. The first-order chi connectivity index (χ1) is 11.6. The average Bonchev–Trinajstić information content (AvgIpc) is 3.00. The summed E-state index contributed by atoms with van der Waals surface area (Å²) < 4.78 is 2.40. The highest BCUT2D eigenvalue weighted by atomic mass is 79.9. The predicted molar refractivity (Wildman–Crippen MR) is 106 cm³/mol. The van der Waals surface area contributed by atoms with Crippen molar-refractivity contribution in [1.29, 1.82) is 0 Å². The van der Waals surface area contributed by atoms with Crippen LogP contribution in [0.2, 0.25) is 0 Å². The summed E-state index contributed by atoms with van der Waals surface area (Å²) in [6.07, 6.45) is 1.76. The zero-order valence-corrected chi connectivity index (χ0v) is 17.0. The molecule has 124 valence electrons. The summed E-state index contributed by atoms with van der Waals surface area (Å²) in [5, 5.41) is 12.5. The van der Waals surface area contributed by atoms with Crippen molar-refractivity contribution in [3.8, 4) is 0 Å². The Morgan fingerprint density at radius 3 is 3.00 bits per heavy atom. The Kier molecular flexibility index (Phi) is 5.69. The van der Waals surface area contributed by atoms with Gasteiger partial charge in [-0.05, 0) is 28.1 Å². The molecule has 0 atom stereocenters. The number of H-pyrrole nitrogens is 1. The second-order valence-electron chi connectivity index (χ2n) is 4.63. The lowest BCUT2D eigenvalue weighted by Crippen LogP contribution is -2.11. The number of benzene rings is 1.